The van der Waals surface area contributed by atoms with Crippen LogP contribution in [0, 0.1) is 18.7 Å². The molecule has 1 aliphatic rings. The van der Waals surface area contributed by atoms with E-state index in [0.29, 0.717) is 24.1 Å². The Hall–Kier alpha value is -2.26. The van der Waals surface area contributed by atoms with Crippen LogP contribution in [0.3, 0.4) is 0 Å². The van der Waals surface area contributed by atoms with Gasteiger partial charge in [-0.05, 0) is 37.5 Å². The van der Waals surface area contributed by atoms with Crippen LogP contribution in [0.2, 0.25) is 0 Å². The van der Waals surface area contributed by atoms with Crippen LogP contribution in [0.1, 0.15) is 18.4 Å². The van der Waals surface area contributed by atoms with Gasteiger partial charge in [0.2, 0.25) is 5.91 Å². The summed E-state index contributed by atoms with van der Waals surface area (Å²) in [6.07, 6.45) is 3.40. The number of amides is 1. The van der Waals surface area contributed by atoms with Crippen LogP contribution in [0.5, 0.6) is 0 Å². The monoisotopic (exact) mass is 366 g/mol. The molecule has 1 amide bonds. The average molecular weight is 366 g/mol. The minimum absolute atomic E-state index is 0.0468. The van der Waals surface area contributed by atoms with Gasteiger partial charge in [-0.25, -0.2) is 17.8 Å². The van der Waals surface area contributed by atoms with Crippen LogP contribution >= 0.6 is 0 Å². The maximum atomic E-state index is 13.6. The Balaban J connectivity index is 1.60. The van der Waals surface area contributed by atoms with Gasteiger partial charge in [0.05, 0.1) is 12.5 Å². The number of aromatic amines is 1. The maximum Gasteiger partial charge on any atom is 0.260 e. The number of benzene rings is 1. The third-order valence-corrected chi connectivity index (χ3v) is 6.18. The lowest BCUT2D eigenvalue weighted by molar-refractivity contribution is -0.120. The third-order valence-electron chi connectivity index (χ3n) is 4.36. The molecule has 9 heteroatoms. The molecule has 2 heterocycles. The van der Waals surface area contributed by atoms with Crippen molar-refractivity contribution in [3.8, 4) is 0 Å². The zero-order chi connectivity index (χ0) is 18.0. The highest BCUT2D eigenvalue weighted by atomic mass is 32.2. The van der Waals surface area contributed by atoms with Crippen molar-refractivity contribution in [3.05, 3.63) is 42.1 Å². The van der Waals surface area contributed by atoms with E-state index >= 15 is 0 Å². The number of rotatable bonds is 4. The zero-order valence-corrected chi connectivity index (χ0v) is 14.5. The highest BCUT2D eigenvalue weighted by Gasteiger charge is 2.32. The first-order valence-corrected chi connectivity index (χ1v) is 9.37. The van der Waals surface area contributed by atoms with Crippen molar-refractivity contribution in [1.29, 1.82) is 0 Å². The number of carbonyl (C=O) groups excluding carboxylic acids is 1. The van der Waals surface area contributed by atoms with Crippen LogP contribution in [-0.4, -0.2) is 41.7 Å². The van der Waals surface area contributed by atoms with E-state index in [2.05, 4.69) is 15.3 Å². The number of halogens is 1. The van der Waals surface area contributed by atoms with E-state index in [1.165, 1.54) is 22.9 Å². The fourth-order valence-electron chi connectivity index (χ4n) is 2.80. The van der Waals surface area contributed by atoms with Crippen molar-refractivity contribution >= 4 is 21.6 Å². The second-order valence-corrected chi connectivity index (χ2v) is 7.95. The number of piperidine rings is 1. The van der Waals surface area contributed by atoms with Gasteiger partial charge in [-0.3, -0.25) is 4.79 Å². The topological polar surface area (TPSA) is 95.2 Å². The Morgan fingerprint density at radius 3 is 2.68 bits per heavy atom. The predicted octanol–water partition coefficient (Wildman–Crippen LogP) is 1.90. The number of H-pyrrole nitrogens is 1. The van der Waals surface area contributed by atoms with Crippen LogP contribution in [-0.2, 0) is 14.8 Å². The molecular formula is C16H19FN4O3S. The third kappa shape index (κ3) is 3.72. The largest absolute Gasteiger partial charge is 0.335 e. The Labute approximate surface area is 145 Å². The number of aromatic nitrogens is 2. The Morgan fingerprint density at radius 1 is 1.36 bits per heavy atom. The molecule has 1 aromatic carbocycles. The molecular weight excluding hydrogens is 347 g/mol. The summed E-state index contributed by atoms with van der Waals surface area (Å²) in [7, 11) is -3.60. The lowest BCUT2D eigenvalue weighted by Gasteiger charge is -2.30. The molecule has 0 spiro atoms. The van der Waals surface area contributed by atoms with Gasteiger partial charge >= 0.3 is 0 Å². The molecule has 1 aromatic heterocycles. The van der Waals surface area contributed by atoms with Crippen LogP contribution < -0.4 is 5.32 Å². The van der Waals surface area contributed by atoms with Crippen molar-refractivity contribution in [1.82, 2.24) is 14.3 Å². The van der Waals surface area contributed by atoms with E-state index in [4.69, 9.17) is 0 Å². The van der Waals surface area contributed by atoms with Gasteiger partial charge in [-0.2, -0.15) is 4.31 Å². The molecule has 0 unspecified atom stereocenters. The molecule has 2 N–H and O–H groups in total. The number of carbonyl (C=O) groups is 1. The molecule has 0 radical (unpaired) electrons. The maximum absolute atomic E-state index is 13.6. The van der Waals surface area contributed by atoms with E-state index < -0.39 is 10.0 Å². The molecule has 0 saturated carbocycles. The molecule has 0 aliphatic carbocycles. The Kier molecular flexibility index (Phi) is 4.87. The average Bonchev–Trinajstić information content (AvgIpc) is 3.14. The smallest absolute Gasteiger partial charge is 0.260 e. The second kappa shape index (κ2) is 6.93. The molecule has 134 valence electrons. The van der Waals surface area contributed by atoms with Gasteiger partial charge in [0.25, 0.3) is 10.0 Å². The van der Waals surface area contributed by atoms with Gasteiger partial charge < -0.3 is 10.3 Å². The first kappa shape index (κ1) is 17.6. The van der Waals surface area contributed by atoms with Crippen LogP contribution in [0.15, 0.2) is 35.7 Å². The predicted molar refractivity (Wildman–Crippen MR) is 89.8 cm³/mol. The lowest BCUT2D eigenvalue weighted by atomic mass is 9.97. The van der Waals surface area contributed by atoms with E-state index in [1.807, 2.05) is 0 Å². The summed E-state index contributed by atoms with van der Waals surface area (Å²) < 4.78 is 39.7. The van der Waals surface area contributed by atoms with Gasteiger partial charge in [-0.1, -0.05) is 6.07 Å². The molecule has 3 rings (SSSR count). The summed E-state index contributed by atoms with van der Waals surface area (Å²) in [5, 5.41) is 2.74. The summed E-state index contributed by atoms with van der Waals surface area (Å²) in [5.41, 5.74) is 0.913. The van der Waals surface area contributed by atoms with E-state index in [0.717, 1.165) is 0 Å². The summed E-state index contributed by atoms with van der Waals surface area (Å²) in [6.45, 7) is 2.15. The molecule has 0 bridgehead atoms. The van der Waals surface area contributed by atoms with Crippen molar-refractivity contribution in [2.24, 2.45) is 5.92 Å². The fraction of sp³-hybridized carbons (Fsp3) is 0.375. The summed E-state index contributed by atoms with van der Waals surface area (Å²) in [6, 6.07) is 4.53. The standard InChI is InChI=1S/C16H19FN4O3S/c1-11-2-3-13(8-14(11)17)20-16(22)12-4-6-21(7-5-12)25(23,24)15-9-18-10-19-15/h2-3,8-10,12H,4-7H2,1H3,(H,18,19)(H,20,22). The van der Waals surface area contributed by atoms with Crippen molar-refractivity contribution in [2.75, 3.05) is 18.4 Å². The highest BCUT2D eigenvalue weighted by molar-refractivity contribution is 7.89. The van der Waals surface area contributed by atoms with Crippen molar-refractivity contribution < 1.29 is 17.6 Å². The number of hydrogen-bond donors (Lipinski definition) is 2. The number of sulfonamides is 1. The molecule has 1 saturated heterocycles. The molecule has 2 aromatic rings. The minimum Gasteiger partial charge on any atom is -0.335 e. The van der Waals surface area contributed by atoms with Gasteiger partial charge in [0, 0.05) is 24.7 Å². The zero-order valence-electron chi connectivity index (χ0n) is 13.7. The number of aryl methyl sites for hydroxylation is 1. The normalized spacial score (nSPS) is 16.7. The lowest BCUT2D eigenvalue weighted by Crippen LogP contribution is -2.41. The quantitative estimate of drug-likeness (QED) is 0.864. The molecule has 7 nitrogen and oxygen atoms in total. The molecule has 1 aliphatic heterocycles. The number of imidazole rings is 1. The van der Waals surface area contributed by atoms with Crippen molar-refractivity contribution in [3.63, 3.8) is 0 Å². The Morgan fingerprint density at radius 2 is 2.08 bits per heavy atom. The number of nitrogens with one attached hydrogen (secondary N) is 2. The second-order valence-electron chi connectivity index (χ2n) is 6.05. The van der Waals surface area contributed by atoms with Gasteiger partial charge in [0.15, 0.2) is 5.03 Å². The Bertz CT molecular complexity index is 860. The summed E-state index contributed by atoms with van der Waals surface area (Å²) in [4.78, 5) is 18.7. The van der Waals surface area contributed by atoms with Gasteiger partial charge in [0.1, 0.15) is 5.82 Å². The SMILES string of the molecule is Cc1ccc(NC(=O)C2CCN(S(=O)(=O)c3cnc[nH]3)CC2)cc1F. The molecule has 0 atom stereocenters. The van der Waals surface area contributed by atoms with E-state index in [-0.39, 0.29) is 35.8 Å². The van der Waals surface area contributed by atoms with E-state index in [1.54, 1.807) is 19.1 Å². The first-order valence-electron chi connectivity index (χ1n) is 7.93. The summed E-state index contributed by atoms with van der Waals surface area (Å²) in [5.74, 6) is -0.905. The number of anilines is 1. The van der Waals surface area contributed by atoms with E-state index in [9.17, 15) is 17.6 Å². The molecule has 1 fully saturated rings. The van der Waals surface area contributed by atoms with Crippen LogP contribution in [0.25, 0.3) is 0 Å². The molecule has 25 heavy (non-hydrogen) atoms. The van der Waals surface area contributed by atoms with Gasteiger partial charge in [-0.15, -0.1) is 0 Å². The fourth-order valence-corrected chi connectivity index (χ4v) is 4.16. The highest BCUT2D eigenvalue weighted by Crippen LogP contribution is 2.24. The first-order chi connectivity index (χ1) is 11.9. The van der Waals surface area contributed by atoms with Crippen LogP contribution in [0.4, 0.5) is 10.1 Å². The van der Waals surface area contributed by atoms with Crippen molar-refractivity contribution in [2.45, 2.75) is 24.8 Å². The number of nitrogens with zero attached hydrogens (tertiary/aromatic N) is 2. The number of hydrogen-bond acceptors (Lipinski definition) is 4. The minimum atomic E-state index is -3.60. The summed E-state index contributed by atoms with van der Waals surface area (Å²) >= 11 is 0.